The third-order valence-electron chi connectivity index (χ3n) is 4.23. The number of carbonyl (C=O) groups is 1. The molecule has 1 amide bonds. The zero-order chi connectivity index (χ0) is 18.0. The summed E-state index contributed by atoms with van der Waals surface area (Å²) in [7, 11) is 0. The van der Waals surface area contributed by atoms with Crippen molar-refractivity contribution in [3.05, 3.63) is 35.2 Å². The third kappa shape index (κ3) is 4.19. The van der Waals surface area contributed by atoms with Crippen LogP contribution in [0.15, 0.2) is 28.7 Å². The van der Waals surface area contributed by atoms with Gasteiger partial charge in [0.1, 0.15) is 0 Å². The van der Waals surface area contributed by atoms with Crippen LogP contribution >= 0.6 is 11.6 Å². The van der Waals surface area contributed by atoms with Crippen molar-refractivity contribution in [3.8, 4) is 11.5 Å². The van der Waals surface area contributed by atoms with Gasteiger partial charge in [0.15, 0.2) is 0 Å². The molecule has 0 N–H and O–H groups in total. The number of amides is 1. The number of aromatic nitrogens is 2. The summed E-state index contributed by atoms with van der Waals surface area (Å²) < 4.78 is 5.75. The summed E-state index contributed by atoms with van der Waals surface area (Å²) in [5, 5.41) is 8.81. The zero-order valence-corrected chi connectivity index (χ0v) is 15.6. The first kappa shape index (κ1) is 17.9. The molecule has 1 aromatic carbocycles. The predicted molar refractivity (Wildman–Crippen MR) is 96.1 cm³/mol. The number of hydrogen-bond donors (Lipinski definition) is 0. The van der Waals surface area contributed by atoms with E-state index in [0.29, 0.717) is 23.3 Å². The molecule has 0 atom stereocenters. The van der Waals surface area contributed by atoms with Gasteiger partial charge in [0, 0.05) is 31.6 Å². The van der Waals surface area contributed by atoms with Gasteiger partial charge in [-0.25, -0.2) is 0 Å². The summed E-state index contributed by atoms with van der Waals surface area (Å²) in [4.78, 5) is 16.5. The fraction of sp³-hybridized carbons (Fsp3) is 0.500. The first-order valence-corrected chi connectivity index (χ1v) is 8.81. The summed E-state index contributed by atoms with van der Waals surface area (Å²) in [6.45, 7) is 9.48. The lowest BCUT2D eigenvalue weighted by atomic mass is 9.94. The Hall–Kier alpha value is -1.92. The minimum Gasteiger partial charge on any atom is -0.419 e. The lowest BCUT2D eigenvalue weighted by molar-refractivity contribution is -0.141. The standard InChI is InChI=1S/C18H23ClN4O2/c1-18(2,3)17(24)23-10-8-22(9-11-23)12-15-20-21-16(25-15)13-6-4-5-7-14(13)19/h4-7H,8-12H2,1-3H3. The average Bonchev–Trinajstić information content (AvgIpc) is 3.03. The average molecular weight is 363 g/mol. The summed E-state index contributed by atoms with van der Waals surface area (Å²) in [5.41, 5.74) is 0.405. The molecule has 0 aliphatic carbocycles. The highest BCUT2D eigenvalue weighted by atomic mass is 35.5. The zero-order valence-electron chi connectivity index (χ0n) is 14.8. The molecule has 0 bridgehead atoms. The number of hydrogen-bond acceptors (Lipinski definition) is 5. The van der Waals surface area contributed by atoms with E-state index in [9.17, 15) is 4.79 Å². The van der Waals surface area contributed by atoms with Crippen molar-refractivity contribution in [3.63, 3.8) is 0 Å². The van der Waals surface area contributed by atoms with Crippen LogP contribution in [0.1, 0.15) is 26.7 Å². The number of carbonyl (C=O) groups excluding carboxylic acids is 1. The maximum absolute atomic E-state index is 12.3. The van der Waals surface area contributed by atoms with Gasteiger partial charge in [-0.2, -0.15) is 0 Å². The lowest BCUT2D eigenvalue weighted by Gasteiger charge is -2.37. The minimum absolute atomic E-state index is 0.200. The molecule has 1 saturated heterocycles. The topological polar surface area (TPSA) is 62.5 Å². The molecule has 1 aromatic heterocycles. The number of benzene rings is 1. The first-order valence-electron chi connectivity index (χ1n) is 8.43. The number of halogens is 1. The van der Waals surface area contributed by atoms with Crippen molar-refractivity contribution >= 4 is 17.5 Å². The molecule has 134 valence electrons. The first-order chi connectivity index (χ1) is 11.8. The Balaban J connectivity index is 1.58. The normalized spacial score (nSPS) is 16.2. The smallest absolute Gasteiger partial charge is 0.249 e. The molecule has 6 nitrogen and oxygen atoms in total. The molecule has 2 aromatic rings. The van der Waals surface area contributed by atoms with Gasteiger partial charge < -0.3 is 9.32 Å². The van der Waals surface area contributed by atoms with Crippen LogP contribution in [0.2, 0.25) is 5.02 Å². The third-order valence-corrected chi connectivity index (χ3v) is 4.56. The second-order valence-corrected chi connectivity index (χ2v) is 7.71. The van der Waals surface area contributed by atoms with Crippen LogP contribution in [0, 0.1) is 5.41 Å². The number of nitrogens with zero attached hydrogens (tertiary/aromatic N) is 4. The molecule has 1 aliphatic rings. The Morgan fingerprint density at radius 1 is 1.16 bits per heavy atom. The SMILES string of the molecule is CC(C)(C)C(=O)N1CCN(Cc2nnc(-c3ccccc3Cl)o2)CC1. The van der Waals surface area contributed by atoms with Gasteiger partial charge in [0.25, 0.3) is 0 Å². The molecule has 7 heteroatoms. The maximum Gasteiger partial charge on any atom is 0.249 e. The molecule has 0 spiro atoms. The van der Waals surface area contributed by atoms with Crippen molar-refractivity contribution in [2.45, 2.75) is 27.3 Å². The van der Waals surface area contributed by atoms with E-state index in [-0.39, 0.29) is 11.3 Å². The van der Waals surface area contributed by atoms with Crippen molar-refractivity contribution in [1.29, 1.82) is 0 Å². The van der Waals surface area contributed by atoms with Gasteiger partial charge in [0.2, 0.25) is 17.7 Å². The van der Waals surface area contributed by atoms with E-state index in [1.807, 2.05) is 43.9 Å². The van der Waals surface area contributed by atoms with E-state index in [2.05, 4.69) is 15.1 Å². The van der Waals surface area contributed by atoms with Gasteiger partial charge >= 0.3 is 0 Å². The molecule has 0 saturated carbocycles. The van der Waals surface area contributed by atoms with Crippen molar-refractivity contribution in [2.24, 2.45) is 5.41 Å². The van der Waals surface area contributed by atoms with Crippen LogP contribution in [0.3, 0.4) is 0 Å². The second kappa shape index (κ2) is 7.14. The van der Waals surface area contributed by atoms with Crippen LogP contribution in [-0.4, -0.2) is 52.1 Å². The number of rotatable bonds is 3. The fourth-order valence-corrected chi connectivity index (χ4v) is 3.05. The molecule has 0 unspecified atom stereocenters. The second-order valence-electron chi connectivity index (χ2n) is 7.30. The van der Waals surface area contributed by atoms with Gasteiger partial charge in [-0.3, -0.25) is 9.69 Å². The monoisotopic (exact) mass is 362 g/mol. The van der Waals surface area contributed by atoms with E-state index in [1.54, 1.807) is 6.07 Å². The Morgan fingerprint density at radius 2 is 1.84 bits per heavy atom. The maximum atomic E-state index is 12.3. The van der Waals surface area contributed by atoms with Crippen LogP contribution in [-0.2, 0) is 11.3 Å². The summed E-state index contributed by atoms with van der Waals surface area (Å²) in [6.07, 6.45) is 0. The highest BCUT2D eigenvalue weighted by Crippen LogP contribution is 2.26. The fourth-order valence-electron chi connectivity index (χ4n) is 2.84. The van der Waals surface area contributed by atoms with E-state index in [4.69, 9.17) is 16.0 Å². The highest BCUT2D eigenvalue weighted by molar-refractivity contribution is 6.33. The highest BCUT2D eigenvalue weighted by Gasteiger charge is 2.30. The summed E-state index contributed by atoms with van der Waals surface area (Å²) >= 11 is 6.17. The molecule has 1 fully saturated rings. The van der Waals surface area contributed by atoms with Gasteiger partial charge in [-0.15, -0.1) is 10.2 Å². The van der Waals surface area contributed by atoms with Crippen LogP contribution in [0.25, 0.3) is 11.5 Å². The van der Waals surface area contributed by atoms with Crippen molar-refractivity contribution < 1.29 is 9.21 Å². The van der Waals surface area contributed by atoms with Crippen molar-refractivity contribution in [1.82, 2.24) is 20.0 Å². The molecule has 0 radical (unpaired) electrons. The largest absolute Gasteiger partial charge is 0.419 e. The van der Waals surface area contributed by atoms with Gasteiger partial charge in [-0.1, -0.05) is 44.5 Å². The molecule has 2 heterocycles. The number of piperazine rings is 1. The van der Waals surface area contributed by atoms with E-state index >= 15 is 0 Å². The van der Waals surface area contributed by atoms with Crippen molar-refractivity contribution in [2.75, 3.05) is 26.2 Å². The Bertz CT molecular complexity index is 746. The molecule has 3 rings (SSSR count). The minimum atomic E-state index is -0.335. The Morgan fingerprint density at radius 3 is 2.48 bits per heavy atom. The molecular formula is C18H23ClN4O2. The summed E-state index contributed by atoms with van der Waals surface area (Å²) in [5.74, 6) is 1.19. The molecular weight excluding hydrogens is 340 g/mol. The van der Waals surface area contributed by atoms with Crippen LogP contribution in [0.5, 0.6) is 0 Å². The molecule has 1 aliphatic heterocycles. The van der Waals surface area contributed by atoms with E-state index in [1.165, 1.54) is 0 Å². The van der Waals surface area contributed by atoms with Gasteiger partial charge in [-0.05, 0) is 12.1 Å². The van der Waals surface area contributed by atoms with E-state index in [0.717, 1.165) is 31.7 Å². The molecule has 25 heavy (non-hydrogen) atoms. The summed E-state index contributed by atoms with van der Waals surface area (Å²) in [6, 6.07) is 7.40. The lowest BCUT2D eigenvalue weighted by Crippen LogP contribution is -2.51. The van der Waals surface area contributed by atoms with Gasteiger partial charge in [0.05, 0.1) is 17.1 Å². The van der Waals surface area contributed by atoms with Crippen LogP contribution in [0.4, 0.5) is 0 Å². The Kier molecular flexibility index (Phi) is 5.11. The van der Waals surface area contributed by atoms with Crippen LogP contribution < -0.4 is 0 Å². The Labute approximate surface area is 152 Å². The van der Waals surface area contributed by atoms with E-state index < -0.39 is 0 Å². The quantitative estimate of drug-likeness (QED) is 0.839. The predicted octanol–water partition coefficient (Wildman–Crippen LogP) is 3.08.